The van der Waals surface area contributed by atoms with Crippen molar-refractivity contribution in [2.45, 2.75) is 117 Å². The normalized spacial score (nSPS) is 43.5. The van der Waals surface area contributed by atoms with Gasteiger partial charge < -0.3 is 4.90 Å². The van der Waals surface area contributed by atoms with Gasteiger partial charge in [-0.2, -0.15) is 0 Å². The van der Waals surface area contributed by atoms with E-state index in [0.29, 0.717) is 23.3 Å². The average molecular weight is 402 g/mol. The van der Waals surface area contributed by atoms with Crippen LogP contribution in [0.25, 0.3) is 0 Å². The van der Waals surface area contributed by atoms with E-state index >= 15 is 0 Å². The van der Waals surface area contributed by atoms with Crippen LogP contribution in [0.3, 0.4) is 0 Å². The number of carbonyl (C=O) groups is 1. The Bertz CT molecular complexity index is 593. The minimum atomic E-state index is -0.126. The molecule has 166 valence electrons. The number of hydrogen-bond donors (Lipinski definition) is 0. The Morgan fingerprint density at radius 3 is 2.31 bits per heavy atom. The third-order valence-corrected chi connectivity index (χ3v) is 10.5. The van der Waals surface area contributed by atoms with Crippen molar-refractivity contribution in [3.05, 3.63) is 0 Å². The van der Waals surface area contributed by atoms with E-state index in [0.717, 1.165) is 30.1 Å². The predicted molar refractivity (Wildman–Crippen MR) is 122 cm³/mol. The predicted octanol–water partition coefficient (Wildman–Crippen LogP) is 7.07. The van der Waals surface area contributed by atoms with Gasteiger partial charge in [-0.1, -0.05) is 53.4 Å². The SMILES string of the molecule is CC(C)C1CC[C@H]2C(CC[C@@H]3[C@]2(C)CCC[C@@]3(C)C(=O)N(C)C2CCCCC2)C1. The van der Waals surface area contributed by atoms with E-state index in [2.05, 4.69) is 39.6 Å². The van der Waals surface area contributed by atoms with Crippen LogP contribution in [-0.4, -0.2) is 23.9 Å². The second-order valence-electron chi connectivity index (χ2n) is 12.3. The smallest absolute Gasteiger partial charge is 0.228 e. The lowest BCUT2D eigenvalue weighted by atomic mass is 9.43. The minimum absolute atomic E-state index is 0.126. The maximum Gasteiger partial charge on any atom is 0.228 e. The van der Waals surface area contributed by atoms with Crippen LogP contribution in [0.1, 0.15) is 111 Å². The van der Waals surface area contributed by atoms with Crippen molar-refractivity contribution >= 4 is 5.91 Å². The molecule has 4 aliphatic carbocycles. The summed E-state index contributed by atoms with van der Waals surface area (Å²) in [6.45, 7) is 9.83. The fourth-order valence-electron chi connectivity index (χ4n) is 8.77. The molecule has 4 aliphatic rings. The van der Waals surface area contributed by atoms with E-state index in [9.17, 15) is 4.79 Å². The molecule has 0 spiro atoms. The number of carbonyl (C=O) groups excluding carboxylic acids is 1. The van der Waals surface area contributed by atoms with Crippen LogP contribution in [0, 0.1) is 40.4 Å². The highest BCUT2D eigenvalue weighted by atomic mass is 16.2. The Morgan fingerprint density at radius 2 is 1.62 bits per heavy atom. The molecule has 2 nitrogen and oxygen atoms in total. The lowest BCUT2D eigenvalue weighted by Crippen LogP contribution is -2.59. The third kappa shape index (κ3) is 3.69. The molecule has 29 heavy (non-hydrogen) atoms. The van der Waals surface area contributed by atoms with Gasteiger partial charge in [-0.3, -0.25) is 4.79 Å². The Hall–Kier alpha value is -0.530. The second-order valence-corrected chi connectivity index (χ2v) is 12.3. The summed E-state index contributed by atoms with van der Waals surface area (Å²) in [4.78, 5) is 16.2. The van der Waals surface area contributed by atoms with Gasteiger partial charge in [-0.25, -0.2) is 0 Å². The van der Waals surface area contributed by atoms with Crippen molar-refractivity contribution in [1.29, 1.82) is 0 Å². The van der Waals surface area contributed by atoms with Gasteiger partial charge in [0.1, 0.15) is 0 Å². The van der Waals surface area contributed by atoms with Gasteiger partial charge in [0.2, 0.25) is 5.91 Å². The first-order valence-corrected chi connectivity index (χ1v) is 13.0. The average Bonchev–Trinajstić information content (AvgIpc) is 2.72. The first-order valence-electron chi connectivity index (χ1n) is 13.0. The molecule has 0 aromatic rings. The molecule has 0 N–H and O–H groups in total. The highest BCUT2D eigenvalue weighted by Gasteiger charge is 2.59. The van der Waals surface area contributed by atoms with E-state index in [-0.39, 0.29) is 5.41 Å². The van der Waals surface area contributed by atoms with Crippen LogP contribution >= 0.6 is 0 Å². The molecule has 0 aromatic heterocycles. The Morgan fingerprint density at radius 1 is 0.897 bits per heavy atom. The Kier molecular flexibility index (Phi) is 6.13. The van der Waals surface area contributed by atoms with Crippen LogP contribution in [-0.2, 0) is 4.79 Å². The van der Waals surface area contributed by atoms with Crippen molar-refractivity contribution in [3.8, 4) is 0 Å². The first-order chi connectivity index (χ1) is 13.8. The fraction of sp³-hybridized carbons (Fsp3) is 0.963. The van der Waals surface area contributed by atoms with Crippen molar-refractivity contribution in [2.75, 3.05) is 7.05 Å². The van der Waals surface area contributed by atoms with Gasteiger partial charge in [0.05, 0.1) is 0 Å². The van der Waals surface area contributed by atoms with Gasteiger partial charge in [0.15, 0.2) is 0 Å². The summed E-state index contributed by atoms with van der Waals surface area (Å²) in [6, 6.07) is 0.499. The lowest BCUT2D eigenvalue weighted by molar-refractivity contribution is -0.168. The molecule has 0 bridgehead atoms. The molecule has 2 heteroatoms. The summed E-state index contributed by atoms with van der Waals surface area (Å²) in [5.74, 6) is 4.65. The van der Waals surface area contributed by atoms with E-state index in [4.69, 9.17) is 0 Å². The number of amides is 1. The minimum Gasteiger partial charge on any atom is -0.342 e. The van der Waals surface area contributed by atoms with Crippen molar-refractivity contribution < 1.29 is 4.79 Å². The quantitative estimate of drug-likeness (QED) is 0.495. The van der Waals surface area contributed by atoms with Crippen LogP contribution in [0.4, 0.5) is 0 Å². The molecule has 2 unspecified atom stereocenters. The molecule has 1 amide bonds. The molecule has 0 saturated heterocycles. The molecular formula is C27H47NO. The Labute approximate surface area is 180 Å². The maximum absolute atomic E-state index is 13.9. The largest absolute Gasteiger partial charge is 0.342 e. The van der Waals surface area contributed by atoms with Gasteiger partial charge >= 0.3 is 0 Å². The van der Waals surface area contributed by atoms with Gasteiger partial charge in [0.25, 0.3) is 0 Å². The highest BCUT2D eigenvalue weighted by molar-refractivity contribution is 5.83. The number of hydrogen-bond acceptors (Lipinski definition) is 1. The van der Waals surface area contributed by atoms with Gasteiger partial charge in [0, 0.05) is 18.5 Å². The molecule has 4 fully saturated rings. The molecule has 4 saturated carbocycles. The summed E-state index contributed by atoms with van der Waals surface area (Å²) < 4.78 is 0. The fourth-order valence-corrected chi connectivity index (χ4v) is 8.77. The van der Waals surface area contributed by atoms with E-state index < -0.39 is 0 Å². The van der Waals surface area contributed by atoms with Crippen LogP contribution in [0.5, 0.6) is 0 Å². The van der Waals surface area contributed by atoms with Crippen LogP contribution in [0.2, 0.25) is 0 Å². The zero-order valence-corrected chi connectivity index (χ0v) is 20.0. The monoisotopic (exact) mass is 401 g/mol. The molecule has 0 heterocycles. The zero-order valence-electron chi connectivity index (χ0n) is 20.0. The number of rotatable bonds is 3. The summed E-state index contributed by atoms with van der Waals surface area (Å²) in [5.41, 5.74) is 0.264. The Balaban J connectivity index is 1.54. The molecule has 6 atom stereocenters. The first kappa shape index (κ1) is 21.7. The van der Waals surface area contributed by atoms with Crippen molar-refractivity contribution in [3.63, 3.8) is 0 Å². The molecule has 0 aliphatic heterocycles. The molecule has 0 radical (unpaired) electrons. The third-order valence-electron chi connectivity index (χ3n) is 10.5. The number of nitrogens with zero attached hydrogens (tertiary/aromatic N) is 1. The maximum atomic E-state index is 13.9. The van der Waals surface area contributed by atoms with E-state index in [1.54, 1.807) is 0 Å². The van der Waals surface area contributed by atoms with Crippen molar-refractivity contribution in [2.24, 2.45) is 40.4 Å². The van der Waals surface area contributed by atoms with Gasteiger partial charge in [-0.15, -0.1) is 0 Å². The zero-order chi connectivity index (χ0) is 20.8. The molecule has 4 rings (SSSR count). The van der Waals surface area contributed by atoms with Crippen molar-refractivity contribution in [1.82, 2.24) is 4.90 Å². The standard InChI is InChI=1S/C27H47NO/c1-19(2)20-12-14-23-21(18-20)13-15-24-26(23,3)16-9-17-27(24,4)25(29)28(5)22-10-7-6-8-11-22/h19-24H,6-18H2,1-5H3/t20?,21?,23-,24+,26+,27+/m0/s1. The number of fused-ring (bicyclic) bond motifs is 3. The van der Waals surface area contributed by atoms with E-state index in [1.165, 1.54) is 77.0 Å². The lowest BCUT2D eigenvalue weighted by Gasteiger charge is -2.62. The summed E-state index contributed by atoms with van der Waals surface area (Å²) in [7, 11) is 2.13. The second kappa shape index (κ2) is 8.19. The summed E-state index contributed by atoms with van der Waals surface area (Å²) >= 11 is 0. The molecule has 0 aromatic carbocycles. The van der Waals surface area contributed by atoms with Crippen LogP contribution < -0.4 is 0 Å². The molecular weight excluding hydrogens is 354 g/mol. The van der Waals surface area contributed by atoms with Crippen LogP contribution in [0.15, 0.2) is 0 Å². The summed E-state index contributed by atoms with van der Waals surface area (Å²) in [5, 5.41) is 0. The van der Waals surface area contributed by atoms with E-state index in [1.807, 2.05) is 0 Å². The summed E-state index contributed by atoms with van der Waals surface area (Å²) in [6.07, 6.45) is 17.1. The van der Waals surface area contributed by atoms with Gasteiger partial charge in [-0.05, 0) is 92.8 Å². The topological polar surface area (TPSA) is 20.3 Å². The highest BCUT2D eigenvalue weighted by Crippen LogP contribution is 2.64.